The maximum Gasteiger partial charge on any atom is 0.209 e. The molecule has 0 saturated carbocycles. The molecular weight excluding hydrogens is 364 g/mol. The number of rotatable bonds is 8. The molecule has 0 atom stereocenters. The van der Waals surface area contributed by atoms with Crippen LogP contribution in [0.3, 0.4) is 0 Å². The van der Waals surface area contributed by atoms with Crippen molar-refractivity contribution >= 4 is 34.4 Å². The topological polar surface area (TPSA) is 42.3 Å². The van der Waals surface area contributed by atoms with Crippen molar-refractivity contribution in [2.24, 2.45) is 0 Å². The lowest BCUT2D eigenvalue weighted by molar-refractivity contribution is 0.198. The van der Waals surface area contributed by atoms with Crippen LogP contribution in [0, 0.1) is 10.9 Å². The molecule has 0 fully saturated rings. The summed E-state index contributed by atoms with van der Waals surface area (Å²) in [5.41, 5.74) is 2.22. The van der Waals surface area contributed by atoms with E-state index in [1.165, 1.54) is 16.9 Å². The molecule has 0 amide bonds. The van der Waals surface area contributed by atoms with Crippen molar-refractivity contribution < 1.29 is 4.74 Å². The number of anilines is 2. The standard InChI is InChI=1S/C19H22N4OS2/c1-15-7-6-8-16(13-15)20-18-21-23(19(25)26-18)14-22(2)11-12-24-17-9-4-3-5-10-17/h3-10,13H,11-12,14H2,1-2H3,(H,20,21). The summed E-state index contributed by atoms with van der Waals surface area (Å²) in [6, 6.07) is 18.0. The lowest BCUT2D eigenvalue weighted by atomic mass is 10.2. The summed E-state index contributed by atoms with van der Waals surface area (Å²) in [4.78, 5) is 2.13. The molecule has 7 heteroatoms. The van der Waals surface area contributed by atoms with Crippen molar-refractivity contribution in [2.75, 3.05) is 25.5 Å². The second-order valence-electron chi connectivity index (χ2n) is 6.05. The quantitative estimate of drug-likeness (QED) is 0.569. The van der Waals surface area contributed by atoms with E-state index >= 15 is 0 Å². The van der Waals surface area contributed by atoms with Crippen molar-refractivity contribution in [3.05, 3.63) is 64.1 Å². The Morgan fingerprint density at radius 1 is 1.19 bits per heavy atom. The van der Waals surface area contributed by atoms with E-state index in [1.807, 2.05) is 54.2 Å². The lowest BCUT2D eigenvalue weighted by Crippen LogP contribution is -2.27. The normalized spacial score (nSPS) is 10.9. The largest absolute Gasteiger partial charge is 0.492 e. The van der Waals surface area contributed by atoms with Gasteiger partial charge < -0.3 is 10.1 Å². The molecule has 2 aromatic carbocycles. The molecule has 1 aromatic heterocycles. The molecule has 136 valence electrons. The van der Waals surface area contributed by atoms with Gasteiger partial charge in [-0.15, -0.1) is 5.10 Å². The first-order valence-corrected chi connectivity index (χ1v) is 9.61. The van der Waals surface area contributed by atoms with Crippen LogP contribution < -0.4 is 10.1 Å². The molecular formula is C19H22N4OS2. The molecule has 5 nitrogen and oxygen atoms in total. The summed E-state index contributed by atoms with van der Waals surface area (Å²) in [5, 5.41) is 8.70. The summed E-state index contributed by atoms with van der Waals surface area (Å²) in [6.07, 6.45) is 0. The summed E-state index contributed by atoms with van der Waals surface area (Å²) < 4.78 is 8.31. The third kappa shape index (κ3) is 5.39. The van der Waals surface area contributed by atoms with E-state index in [4.69, 9.17) is 17.0 Å². The molecule has 0 bridgehead atoms. The minimum atomic E-state index is 0.617. The molecule has 0 spiro atoms. The zero-order valence-electron chi connectivity index (χ0n) is 14.9. The highest BCUT2D eigenvalue weighted by atomic mass is 32.1. The minimum Gasteiger partial charge on any atom is -0.492 e. The first kappa shape index (κ1) is 18.6. The molecule has 0 unspecified atom stereocenters. The maximum atomic E-state index is 5.73. The van der Waals surface area contributed by atoms with Gasteiger partial charge >= 0.3 is 0 Å². The third-order valence-electron chi connectivity index (χ3n) is 3.74. The first-order chi connectivity index (χ1) is 12.6. The highest BCUT2D eigenvalue weighted by Gasteiger charge is 2.07. The zero-order valence-corrected chi connectivity index (χ0v) is 16.5. The Kier molecular flexibility index (Phi) is 6.38. The van der Waals surface area contributed by atoms with Crippen molar-refractivity contribution in [3.63, 3.8) is 0 Å². The number of nitrogens with one attached hydrogen (secondary N) is 1. The Bertz CT molecular complexity index is 892. The summed E-state index contributed by atoms with van der Waals surface area (Å²) in [6.45, 7) is 4.10. The smallest absolute Gasteiger partial charge is 0.209 e. The zero-order chi connectivity index (χ0) is 18.4. The molecule has 1 heterocycles. The van der Waals surface area contributed by atoms with Gasteiger partial charge in [0.25, 0.3) is 0 Å². The van der Waals surface area contributed by atoms with E-state index in [9.17, 15) is 0 Å². The highest BCUT2D eigenvalue weighted by Crippen LogP contribution is 2.21. The van der Waals surface area contributed by atoms with Crippen molar-refractivity contribution in [2.45, 2.75) is 13.6 Å². The predicted octanol–water partition coefficient (Wildman–Crippen LogP) is 4.69. The second kappa shape index (κ2) is 8.93. The number of hydrogen-bond acceptors (Lipinski definition) is 6. The van der Waals surface area contributed by atoms with Crippen LogP contribution in [0.4, 0.5) is 10.8 Å². The molecule has 3 rings (SSSR count). The van der Waals surface area contributed by atoms with Gasteiger partial charge in [-0.1, -0.05) is 41.7 Å². The van der Waals surface area contributed by atoms with E-state index in [1.54, 1.807) is 0 Å². The fourth-order valence-corrected chi connectivity index (χ4v) is 3.44. The highest BCUT2D eigenvalue weighted by molar-refractivity contribution is 7.73. The van der Waals surface area contributed by atoms with Crippen LogP contribution in [0.25, 0.3) is 0 Å². The number of ether oxygens (including phenoxy) is 1. The fraction of sp³-hybridized carbons (Fsp3) is 0.263. The van der Waals surface area contributed by atoms with Gasteiger partial charge in [-0.05, 0) is 56.0 Å². The summed E-state index contributed by atoms with van der Waals surface area (Å²) >= 11 is 6.92. The Morgan fingerprint density at radius 2 is 2.00 bits per heavy atom. The van der Waals surface area contributed by atoms with Crippen LogP contribution >= 0.6 is 23.6 Å². The van der Waals surface area contributed by atoms with Crippen molar-refractivity contribution in [3.8, 4) is 5.75 Å². The number of hydrogen-bond donors (Lipinski definition) is 1. The molecule has 0 aliphatic heterocycles. The molecule has 0 saturated heterocycles. The van der Waals surface area contributed by atoms with E-state index in [0.717, 1.165) is 27.1 Å². The predicted molar refractivity (Wildman–Crippen MR) is 110 cm³/mol. The van der Waals surface area contributed by atoms with Gasteiger partial charge in [-0.2, -0.15) is 0 Å². The molecule has 0 aliphatic rings. The van der Waals surface area contributed by atoms with Gasteiger partial charge in [0, 0.05) is 12.2 Å². The average molecular weight is 387 g/mol. The number of likely N-dealkylation sites (N-methyl/N-ethyl adjacent to an activating group) is 1. The van der Waals surface area contributed by atoms with Gasteiger partial charge in [-0.25, -0.2) is 4.68 Å². The molecule has 0 aliphatic carbocycles. The van der Waals surface area contributed by atoms with E-state index in [-0.39, 0.29) is 0 Å². The van der Waals surface area contributed by atoms with Crippen LogP contribution in [0.5, 0.6) is 5.75 Å². The number of nitrogens with zero attached hydrogens (tertiary/aromatic N) is 3. The molecule has 26 heavy (non-hydrogen) atoms. The van der Waals surface area contributed by atoms with Crippen LogP contribution in [0.2, 0.25) is 0 Å². The Hall–Kier alpha value is -2.22. The Balaban J connectivity index is 1.53. The molecule has 3 aromatic rings. The van der Waals surface area contributed by atoms with Crippen LogP contribution in [-0.2, 0) is 6.67 Å². The second-order valence-corrected chi connectivity index (χ2v) is 7.67. The van der Waals surface area contributed by atoms with Gasteiger partial charge in [0.05, 0.1) is 6.67 Å². The monoisotopic (exact) mass is 386 g/mol. The SMILES string of the molecule is Cc1cccc(Nc2nn(CN(C)CCOc3ccccc3)c(=S)s2)c1. The lowest BCUT2D eigenvalue weighted by Gasteiger charge is -2.16. The molecule has 1 N–H and O–H groups in total. The first-order valence-electron chi connectivity index (χ1n) is 8.38. The summed E-state index contributed by atoms with van der Waals surface area (Å²) in [7, 11) is 2.03. The average Bonchev–Trinajstić information content (AvgIpc) is 2.95. The summed E-state index contributed by atoms with van der Waals surface area (Å²) in [5.74, 6) is 0.885. The number of para-hydroxylation sites is 1. The minimum absolute atomic E-state index is 0.617. The maximum absolute atomic E-state index is 5.73. The van der Waals surface area contributed by atoms with Gasteiger partial charge in [0.1, 0.15) is 12.4 Å². The fourth-order valence-electron chi connectivity index (χ4n) is 2.43. The number of aryl methyl sites for hydroxylation is 1. The van der Waals surface area contributed by atoms with E-state index < -0.39 is 0 Å². The van der Waals surface area contributed by atoms with Crippen molar-refractivity contribution in [1.29, 1.82) is 0 Å². The van der Waals surface area contributed by atoms with Gasteiger partial charge in [0.15, 0.2) is 3.95 Å². The number of benzene rings is 2. The van der Waals surface area contributed by atoms with E-state index in [0.29, 0.717) is 13.3 Å². The number of aromatic nitrogens is 2. The van der Waals surface area contributed by atoms with E-state index in [2.05, 4.69) is 34.4 Å². The van der Waals surface area contributed by atoms with Crippen molar-refractivity contribution in [1.82, 2.24) is 14.7 Å². The Morgan fingerprint density at radius 3 is 2.77 bits per heavy atom. The van der Waals surface area contributed by atoms with Gasteiger partial charge in [0.2, 0.25) is 5.13 Å². The van der Waals surface area contributed by atoms with Crippen LogP contribution in [0.15, 0.2) is 54.6 Å². The Labute approximate surface area is 162 Å². The molecule has 0 radical (unpaired) electrons. The third-order valence-corrected chi connectivity index (χ3v) is 4.96. The van der Waals surface area contributed by atoms with Gasteiger partial charge in [-0.3, -0.25) is 4.90 Å². The van der Waals surface area contributed by atoms with Crippen LogP contribution in [-0.4, -0.2) is 34.9 Å². The van der Waals surface area contributed by atoms with Crippen LogP contribution in [0.1, 0.15) is 5.56 Å².